The van der Waals surface area contributed by atoms with Crippen molar-refractivity contribution in [1.29, 1.82) is 5.26 Å². The van der Waals surface area contributed by atoms with Gasteiger partial charge in [0.25, 0.3) is 0 Å². The van der Waals surface area contributed by atoms with Crippen molar-refractivity contribution in [2.45, 2.75) is 19.3 Å². The largest absolute Gasteiger partial charge is 0.508 e. The molecule has 0 aliphatic heterocycles. The van der Waals surface area contributed by atoms with E-state index in [1.807, 2.05) is 42.5 Å². The number of nitriles is 1. The maximum Gasteiger partial charge on any atom is 0.115 e. The van der Waals surface area contributed by atoms with E-state index in [1.54, 1.807) is 24.3 Å². The summed E-state index contributed by atoms with van der Waals surface area (Å²) in [5.41, 5.74) is 5.25. The average Bonchev–Trinajstić information content (AvgIpc) is 2.70. The van der Waals surface area contributed by atoms with Gasteiger partial charge in [-0.2, -0.15) is 5.26 Å². The van der Waals surface area contributed by atoms with Crippen LogP contribution in [0.25, 0.3) is 11.1 Å². The first-order chi connectivity index (χ1) is 13.2. The van der Waals surface area contributed by atoms with Gasteiger partial charge in [-0.05, 0) is 64.9 Å². The molecule has 0 fully saturated rings. The number of aromatic hydroxyl groups is 2. The van der Waals surface area contributed by atoms with Gasteiger partial charge in [0.15, 0.2) is 0 Å². The summed E-state index contributed by atoms with van der Waals surface area (Å²) >= 11 is 0. The summed E-state index contributed by atoms with van der Waals surface area (Å²) in [6, 6.07) is 26.6. The lowest BCUT2D eigenvalue weighted by Crippen LogP contribution is -1.96. The molecule has 0 saturated carbocycles. The van der Waals surface area contributed by atoms with E-state index in [-0.39, 0.29) is 11.5 Å². The molecule has 3 rings (SSSR count). The molecule has 27 heavy (non-hydrogen) atoms. The smallest absolute Gasteiger partial charge is 0.115 e. The SMILES string of the molecule is N#CCCCC(=C(c1ccc(O)cc1)c1ccc(O)cc1)c1ccccc1. The number of hydrogen-bond acceptors (Lipinski definition) is 3. The standard InChI is InChI=1S/C24H21NO2/c25-17-5-4-8-23(18-6-2-1-3-7-18)24(19-9-13-21(26)14-10-19)20-11-15-22(27)16-12-20/h1-3,6-7,9-16,26-27H,4-5,8H2. The van der Waals surface area contributed by atoms with E-state index in [0.717, 1.165) is 40.7 Å². The molecule has 3 heteroatoms. The van der Waals surface area contributed by atoms with Gasteiger partial charge in [0.1, 0.15) is 11.5 Å². The molecule has 3 aromatic rings. The molecule has 0 radical (unpaired) electrons. The topological polar surface area (TPSA) is 64.2 Å². The predicted octanol–water partition coefficient (Wildman–Crippen LogP) is 5.75. The van der Waals surface area contributed by atoms with Gasteiger partial charge in [-0.1, -0.05) is 54.6 Å². The molecule has 134 valence electrons. The molecule has 3 nitrogen and oxygen atoms in total. The summed E-state index contributed by atoms with van der Waals surface area (Å²) in [4.78, 5) is 0. The van der Waals surface area contributed by atoms with E-state index in [0.29, 0.717) is 6.42 Å². The van der Waals surface area contributed by atoms with Gasteiger partial charge >= 0.3 is 0 Å². The Morgan fingerprint density at radius 2 is 1.22 bits per heavy atom. The minimum atomic E-state index is 0.217. The zero-order valence-corrected chi connectivity index (χ0v) is 15.0. The van der Waals surface area contributed by atoms with Crippen LogP contribution >= 0.6 is 0 Å². The molecular weight excluding hydrogens is 334 g/mol. The Bertz CT molecular complexity index is 903. The van der Waals surface area contributed by atoms with Gasteiger partial charge in [-0.25, -0.2) is 0 Å². The highest BCUT2D eigenvalue weighted by molar-refractivity contribution is 5.98. The lowest BCUT2D eigenvalue weighted by Gasteiger charge is -2.17. The summed E-state index contributed by atoms with van der Waals surface area (Å²) in [5, 5.41) is 28.3. The van der Waals surface area contributed by atoms with Crippen molar-refractivity contribution in [1.82, 2.24) is 0 Å². The molecule has 0 amide bonds. The first-order valence-corrected chi connectivity index (χ1v) is 8.93. The fourth-order valence-corrected chi connectivity index (χ4v) is 3.17. The van der Waals surface area contributed by atoms with Gasteiger partial charge in [-0.3, -0.25) is 0 Å². The van der Waals surface area contributed by atoms with Crippen molar-refractivity contribution >= 4 is 11.1 Å². The predicted molar refractivity (Wildman–Crippen MR) is 108 cm³/mol. The van der Waals surface area contributed by atoms with Crippen LogP contribution in [0.2, 0.25) is 0 Å². The maximum absolute atomic E-state index is 9.69. The second-order valence-electron chi connectivity index (χ2n) is 6.32. The van der Waals surface area contributed by atoms with E-state index in [9.17, 15) is 10.2 Å². The summed E-state index contributed by atoms with van der Waals surface area (Å²) in [5.74, 6) is 0.434. The highest BCUT2D eigenvalue weighted by Gasteiger charge is 2.14. The molecule has 0 saturated heterocycles. The molecule has 0 aliphatic carbocycles. The molecule has 0 spiro atoms. The number of rotatable bonds is 6. The van der Waals surface area contributed by atoms with Crippen molar-refractivity contribution in [3.63, 3.8) is 0 Å². The summed E-state index contributed by atoms with van der Waals surface area (Å²) in [6.45, 7) is 0. The number of unbranched alkanes of at least 4 members (excludes halogenated alkanes) is 1. The number of hydrogen-bond donors (Lipinski definition) is 2. The zero-order chi connectivity index (χ0) is 19.1. The Morgan fingerprint density at radius 3 is 1.70 bits per heavy atom. The fraction of sp³-hybridized carbons (Fsp3) is 0.125. The third-order valence-corrected chi connectivity index (χ3v) is 4.45. The van der Waals surface area contributed by atoms with Crippen LogP contribution in [0.3, 0.4) is 0 Å². The van der Waals surface area contributed by atoms with Crippen LogP contribution in [0.4, 0.5) is 0 Å². The van der Waals surface area contributed by atoms with Gasteiger partial charge in [0.2, 0.25) is 0 Å². The number of nitrogens with zero attached hydrogens (tertiary/aromatic N) is 1. The number of phenolic OH excluding ortho intramolecular Hbond substituents is 2. The molecule has 0 bridgehead atoms. The average molecular weight is 355 g/mol. The van der Waals surface area contributed by atoms with Crippen LogP contribution in [-0.4, -0.2) is 10.2 Å². The molecule has 0 aliphatic rings. The quantitative estimate of drug-likeness (QED) is 0.437. The van der Waals surface area contributed by atoms with Gasteiger partial charge in [-0.15, -0.1) is 0 Å². The van der Waals surface area contributed by atoms with Crippen LogP contribution in [0.15, 0.2) is 78.9 Å². The highest BCUT2D eigenvalue weighted by Crippen LogP contribution is 2.36. The van der Waals surface area contributed by atoms with Crippen LogP contribution in [0.5, 0.6) is 11.5 Å². The van der Waals surface area contributed by atoms with Crippen molar-refractivity contribution in [2.75, 3.05) is 0 Å². The van der Waals surface area contributed by atoms with Gasteiger partial charge in [0, 0.05) is 6.42 Å². The molecule has 0 atom stereocenters. The molecule has 3 aromatic carbocycles. The van der Waals surface area contributed by atoms with E-state index in [4.69, 9.17) is 5.26 Å². The summed E-state index contributed by atoms with van der Waals surface area (Å²) in [7, 11) is 0. The second-order valence-corrected chi connectivity index (χ2v) is 6.32. The number of phenols is 2. The lowest BCUT2D eigenvalue weighted by atomic mass is 9.87. The van der Waals surface area contributed by atoms with E-state index < -0.39 is 0 Å². The van der Waals surface area contributed by atoms with Gasteiger partial charge in [0.05, 0.1) is 6.07 Å². The lowest BCUT2D eigenvalue weighted by molar-refractivity contribution is 0.475. The molecule has 0 heterocycles. The maximum atomic E-state index is 9.69. The zero-order valence-electron chi connectivity index (χ0n) is 15.0. The third kappa shape index (κ3) is 4.56. The van der Waals surface area contributed by atoms with Crippen LogP contribution in [0.1, 0.15) is 36.0 Å². The highest BCUT2D eigenvalue weighted by atomic mass is 16.3. The minimum absolute atomic E-state index is 0.217. The van der Waals surface area contributed by atoms with E-state index in [2.05, 4.69) is 18.2 Å². The third-order valence-electron chi connectivity index (χ3n) is 4.45. The van der Waals surface area contributed by atoms with Crippen molar-refractivity contribution in [3.05, 3.63) is 95.6 Å². The van der Waals surface area contributed by atoms with Crippen molar-refractivity contribution < 1.29 is 10.2 Å². The van der Waals surface area contributed by atoms with Crippen molar-refractivity contribution in [3.8, 4) is 17.6 Å². The Kier molecular flexibility index (Phi) is 5.91. The van der Waals surface area contributed by atoms with Crippen LogP contribution < -0.4 is 0 Å². The molecule has 0 unspecified atom stereocenters. The Labute approximate surface area is 159 Å². The van der Waals surface area contributed by atoms with Gasteiger partial charge < -0.3 is 10.2 Å². The Hall–Kier alpha value is -3.51. The first-order valence-electron chi connectivity index (χ1n) is 8.93. The van der Waals surface area contributed by atoms with Crippen LogP contribution in [0, 0.1) is 11.3 Å². The number of allylic oxidation sites excluding steroid dienone is 1. The second kappa shape index (κ2) is 8.73. The minimum Gasteiger partial charge on any atom is -0.508 e. The monoisotopic (exact) mass is 355 g/mol. The van der Waals surface area contributed by atoms with Crippen LogP contribution in [-0.2, 0) is 0 Å². The van der Waals surface area contributed by atoms with Crippen molar-refractivity contribution in [2.24, 2.45) is 0 Å². The summed E-state index contributed by atoms with van der Waals surface area (Å²) < 4.78 is 0. The Morgan fingerprint density at radius 1 is 0.704 bits per heavy atom. The normalized spacial score (nSPS) is 10.2. The molecule has 0 aromatic heterocycles. The number of benzene rings is 3. The van der Waals surface area contributed by atoms with E-state index in [1.165, 1.54) is 0 Å². The first kappa shape index (κ1) is 18.3. The fourth-order valence-electron chi connectivity index (χ4n) is 3.17. The molecule has 2 N–H and O–H groups in total. The van der Waals surface area contributed by atoms with E-state index >= 15 is 0 Å². The molecular formula is C24H21NO2. The summed E-state index contributed by atoms with van der Waals surface area (Å²) in [6.07, 6.45) is 2.02. The Balaban J connectivity index is 2.22.